The largest absolute Gasteiger partial charge is 0.384 e. The van der Waals surface area contributed by atoms with Crippen LogP contribution in [0.3, 0.4) is 0 Å². The minimum Gasteiger partial charge on any atom is -0.384 e. The normalized spacial score (nSPS) is 16.4. The van der Waals surface area contributed by atoms with Gasteiger partial charge in [-0.15, -0.1) is 0 Å². The first-order chi connectivity index (χ1) is 9.63. The van der Waals surface area contributed by atoms with E-state index in [0.717, 1.165) is 24.5 Å². The highest BCUT2D eigenvalue weighted by Crippen LogP contribution is 2.35. The van der Waals surface area contributed by atoms with Crippen LogP contribution >= 0.6 is 0 Å². The molecule has 20 heavy (non-hydrogen) atoms. The smallest absolute Gasteiger partial charge is 0.126 e. The summed E-state index contributed by atoms with van der Waals surface area (Å²) in [6.07, 6.45) is 10.1. The molecule has 1 saturated carbocycles. The number of hydrogen-bond donors (Lipinski definition) is 1. The molecule has 0 aromatic carbocycles. The van der Waals surface area contributed by atoms with Gasteiger partial charge in [0, 0.05) is 12.5 Å². The van der Waals surface area contributed by atoms with E-state index in [1.807, 2.05) is 0 Å². The molecule has 0 aliphatic heterocycles. The van der Waals surface area contributed by atoms with Gasteiger partial charge in [-0.05, 0) is 31.6 Å². The van der Waals surface area contributed by atoms with Gasteiger partial charge in [0.25, 0.3) is 0 Å². The lowest BCUT2D eigenvalue weighted by Gasteiger charge is -2.15. The molecule has 0 unspecified atom stereocenters. The molecule has 0 radical (unpaired) electrons. The molecule has 0 atom stereocenters. The molecule has 0 spiro atoms. The highest BCUT2D eigenvalue weighted by atomic mass is 15.1. The predicted molar refractivity (Wildman–Crippen MR) is 85.9 cm³/mol. The third kappa shape index (κ3) is 3.56. The second kappa shape index (κ2) is 7.14. The van der Waals surface area contributed by atoms with Gasteiger partial charge in [-0.2, -0.15) is 0 Å². The summed E-state index contributed by atoms with van der Waals surface area (Å²) < 4.78 is 2.32. The minimum atomic E-state index is 0.621. The van der Waals surface area contributed by atoms with Crippen LogP contribution in [0.5, 0.6) is 0 Å². The summed E-state index contributed by atoms with van der Waals surface area (Å²) in [5, 5.41) is 0. The maximum atomic E-state index is 6.40. The summed E-state index contributed by atoms with van der Waals surface area (Å²) in [5.74, 6) is 3.49. The van der Waals surface area contributed by atoms with Crippen molar-refractivity contribution in [3.05, 3.63) is 11.5 Å². The van der Waals surface area contributed by atoms with Crippen LogP contribution in [-0.4, -0.2) is 9.55 Å². The topological polar surface area (TPSA) is 43.8 Å². The monoisotopic (exact) mass is 277 g/mol. The zero-order chi connectivity index (χ0) is 14.5. The second-order valence-corrected chi connectivity index (χ2v) is 6.74. The average molecular weight is 277 g/mol. The number of aromatic nitrogens is 2. The zero-order valence-corrected chi connectivity index (χ0v) is 13.5. The van der Waals surface area contributed by atoms with Gasteiger partial charge >= 0.3 is 0 Å². The van der Waals surface area contributed by atoms with Crippen molar-refractivity contribution < 1.29 is 0 Å². The molecule has 0 bridgehead atoms. The highest BCUT2D eigenvalue weighted by Gasteiger charge is 2.25. The van der Waals surface area contributed by atoms with Crippen molar-refractivity contribution in [2.45, 2.75) is 84.6 Å². The van der Waals surface area contributed by atoms with Crippen LogP contribution < -0.4 is 5.73 Å². The summed E-state index contributed by atoms with van der Waals surface area (Å²) >= 11 is 0. The van der Waals surface area contributed by atoms with Crippen molar-refractivity contribution in [3.63, 3.8) is 0 Å². The van der Waals surface area contributed by atoms with Gasteiger partial charge in [0.1, 0.15) is 11.6 Å². The molecule has 3 heteroatoms. The fraction of sp³-hybridized carbons (Fsp3) is 0.824. The Balaban J connectivity index is 2.20. The Labute approximate surface area is 124 Å². The first-order valence-corrected chi connectivity index (χ1v) is 8.48. The van der Waals surface area contributed by atoms with E-state index in [9.17, 15) is 0 Å². The van der Waals surface area contributed by atoms with E-state index >= 15 is 0 Å². The van der Waals surface area contributed by atoms with Crippen molar-refractivity contribution in [2.75, 3.05) is 5.73 Å². The van der Waals surface area contributed by atoms with Crippen LogP contribution in [0.25, 0.3) is 0 Å². The quantitative estimate of drug-likeness (QED) is 0.745. The molecule has 1 aliphatic carbocycles. The summed E-state index contributed by atoms with van der Waals surface area (Å²) in [7, 11) is 0. The first kappa shape index (κ1) is 15.4. The SMILES string of the molecule is CCCCCc1nc(C2CCCC2)n(CC(C)C)c1N. The number of aryl methyl sites for hydroxylation is 1. The van der Waals surface area contributed by atoms with E-state index in [0.29, 0.717) is 11.8 Å². The summed E-state index contributed by atoms with van der Waals surface area (Å²) in [5.41, 5.74) is 7.56. The minimum absolute atomic E-state index is 0.621. The van der Waals surface area contributed by atoms with Gasteiger partial charge < -0.3 is 10.3 Å². The molecule has 2 N–H and O–H groups in total. The summed E-state index contributed by atoms with van der Waals surface area (Å²) in [6.45, 7) is 7.77. The van der Waals surface area contributed by atoms with Gasteiger partial charge in [-0.1, -0.05) is 46.5 Å². The first-order valence-electron chi connectivity index (χ1n) is 8.48. The Hall–Kier alpha value is -0.990. The molecule has 3 nitrogen and oxygen atoms in total. The number of unbranched alkanes of at least 4 members (excludes halogenated alkanes) is 2. The van der Waals surface area contributed by atoms with Crippen LogP contribution in [0, 0.1) is 5.92 Å². The van der Waals surface area contributed by atoms with Crippen LogP contribution in [0.15, 0.2) is 0 Å². The predicted octanol–water partition coefficient (Wildman–Crippen LogP) is 4.51. The van der Waals surface area contributed by atoms with Crippen LogP contribution in [-0.2, 0) is 13.0 Å². The number of rotatable bonds is 7. The summed E-state index contributed by atoms with van der Waals surface area (Å²) in [6, 6.07) is 0. The maximum absolute atomic E-state index is 6.40. The maximum Gasteiger partial charge on any atom is 0.126 e. The van der Waals surface area contributed by atoms with E-state index in [1.54, 1.807) is 0 Å². The van der Waals surface area contributed by atoms with Crippen LogP contribution in [0.1, 0.15) is 83.2 Å². The Morgan fingerprint density at radius 2 is 1.95 bits per heavy atom. The van der Waals surface area contributed by atoms with Gasteiger partial charge in [0.15, 0.2) is 0 Å². The number of hydrogen-bond acceptors (Lipinski definition) is 2. The Bertz CT molecular complexity index is 414. The molecule has 1 aromatic rings. The van der Waals surface area contributed by atoms with E-state index in [4.69, 9.17) is 10.7 Å². The van der Waals surface area contributed by atoms with Gasteiger partial charge in [0.05, 0.1) is 5.69 Å². The molecule has 114 valence electrons. The number of nitrogen functional groups attached to an aromatic ring is 1. The van der Waals surface area contributed by atoms with Crippen molar-refractivity contribution in [2.24, 2.45) is 5.92 Å². The van der Waals surface area contributed by atoms with E-state index < -0.39 is 0 Å². The lowest BCUT2D eigenvalue weighted by atomic mass is 10.1. The number of nitrogens with two attached hydrogens (primary N) is 1. The van der Waals surface area contributed by atoms with Crippen LogP contribution in [0.2, 0.25) is 0 Å². The molecular weight excluding hydrogens is 246 g/mol. The van der Waals surface area contributed by atoms with E-state index in [2.05, 4.69) is 25.3 Å². The zero-order valence-electron chi connectivity index (χ0n) is 13.5. The lowest BCUT2D eigenvalue weighted by Crippen LogP contribution is -2.13. The molecule has 0 amide bonds. The van der Waals surface area contributed by atoms with Crippen LogP contribution in [0.4, 0.5) is 5.82 Å². The van der Waals surface area contributed by atoms with Crippen molar-refractivity contribution in [1.82, 2.24) is 9.55 Å². The fourth-order valence-electron chi connectivity index (χ4n) is 3.31. The Morgan fingerprint density at radius 3 is 2.55 bits per heavy atom. The Kier molecular flexibility index (Phi) is 5.50. The molecule has 1 aliphatic rings. The highest BCUT2D eigenvalue weighted by molar-refractivity contribution is 5.39. The van der Waals surface area contributed by atoms with Crippen molar-refractivity contribution >= 4 is 5.82 Å². The number of nitrogens with zero attached hydrogens (tertiary/aromatic N) is 2. The number of imidazole rings is 1. The van der Waals surface area contributed by atoms with E-state index in [-0.39, 0.29) is 0 Å². The number of anilines is 1. The van der Waals surface area contributed by atoms with Gasteiger partial charge in [-0.25, -0.2) is 4.98 Å². The average Bonchev–Trinajstić information content (AvgIpc) is 3.01. The molecule has 0 saturated heterocycles. The fourth-order valence-corrected chi connectivity index (χ4v) is 3.31. The van der Waals surface area contributed by atoms with Crippen molar-refractivity contribution in [1.29, 1.82) is 0 Å². The summed E-state index contributed by atoms with van der Waals surface area (Å²) in [4.78, 5) is 4.95. The Morgan fingerprint density at radius 1 is 1.25 bits per heavy atom. The third-order valence-electron chi connectivity index (χ3n) is 4.40. The molecule has 1 aromatic heterocycles. The molecule has 1 fully saturated rings. The molecular formula is C17H31N3. The molecule has 1 heterocycles. The lowest BCUT2D eigenvalue weighted by molar-refractivity contribution is 0.492. The third-order valence-corrected chi connectivity index (χ3v) is 4.40. The standard InChI is InChI=1S/C17H31N3/c1-4-5-6-11-15-16(18)20(12-13(2)3)17(19-15)14-9-7-8-10-14/h13-14H,4-12,18H2,1-3H3. The second-order valence-electron chi connectivity index (χ2n) is 6.74. The van der Waals surface area contributed by atoms with E-state index in [1.165, 1.54) is 50.8 Å². The van der Waals surface area contributed by atoms with Gasteiger partial charge in [0.2, 0.25) is 0 Å². The van der Waals surface area contributed by atoms with Gasteiger partial charge in [-0.3, -0.25) is 0 Å². The molecule has 2 rings (SSSR count). The van der Waals surface area contributed by atoms with Crippen molar-refractivity contribution in [3.8, 4) is 0 Å².